The highest BCUT2D eigenvalue weighted by Gasteiger charge is 2.26. The van der Waals surface area contributed by atoms with E-state index < -0.39 is 0 Å². The van der Waals surface area contributed by atoms with Crippen LogP contribution < -0.4 is 10.1 Å². The highest BCUT2D eigenvalue weighted by molar-refractivity contribution is 5.37. The normalized spacial score (nSPS) is 25.0. The average Bonchev–Trinajstić information content (AvgIpc) is 2.78. The Morgan fingerprint density at radius 2 is 2.16 bits per heavy atom. The maximum absolute atomic E-state index is 13.6. The molecule has 19 heavy (non-hydrogen) atoms. The summed E-state index contributed by atoms with van der Waals surface area (Å²) in [5, 5.41) is 3.42. The lowest BCUT2D eigenvalue weighted by molar-refractivity contribution is 0.199. The van der Waals surface area contributed by atoms with Crippen LogP contribution in [0.25, 0.3) is 0 Å². The van der Waals surface area contributed by atoms with E-state index in [1.165, 1.54) is 6.07 Å². The van der Waals surface area contributed by atoms with E-state index in [-0.39, 0.29) is 5.82 Å². The lowest BCUT2D eigenvalue weighted by Gasteiger charge is -2.30. The zero-order valence-electron chi connectivity index (χ0n) is 11.2. The molecule has 2 aliphatic rings. The van der Waals surface area contributed by atoms with Gasteiger partial charge in [0.25, 0.3) is 0 Å². The van der Waals surface area contributed by atoms with Gasteiger partial charge >= 0.3 is 0 Å². The van der Waals surface area contributed by atoms with Crippen molar-refractivity contribution >= 4 is 0 Å². The zero-order valence-corrected chi connectivity index (χ0v) is 11.2. The zero-order chi connectivity index (χ0) is 13.1. The SMILES string of the molecule is Fc1ccc2c(c1)C(N1CCCNCC1)CCCO2. The molecule has 104 valence electrons. The number of ether oxygens (including phenoxy) is 1. The van der Waals surface area contributed by atoms with Gasteiger partial charge in [-0.05, 0) is 44.0 Å². The van der Waals surface area contributed by atoms with Crippen LogP contribution in [0.15, 0.2) is 18.2 Å². The summed E-state index contributed by atoms with van der Waals surface area (Å²) >= 11 is 0. The lowest BCUT2D eigenvalue weighted by Crippen LogP contribution is -2.32. The van der Waals surface area contributed by atoms with Gasteiger partial charge in [-0.1, -0.05) is 0 Å². The van der Waals surface area contributed by atoms with Gasteiger partial charge in [0, 0.05) is 31.2 Å². The monoisotopic (exact) mass is 264 g/mol. The first kappa shape index (κ1) is 12.9. The van der Waals surface area contributed by atoms with Crippen LogP contribution in [0.4, 0.5) is 4.39 Å². The van der Waals surface area contributed by atoms with E-state index in [0.29, 0.717) is 6.04 Å². The number of nitrogens with zero attached hydrogens (tertiary/aromatic N) is 1. The summed E-state index contributed by atoms with van der Waals surface area (Å²) in [7, 11) is 0. The summed E-state index contributed by atoms with van der Waals surface area (Å²) < 4.78 is 19.3. The molecule has 0 aliphatic carbocycles. The van der Waals surface area contributed by atoms with Crippen molar-refractivity contribution in [3.63, 3.8) is 0 Å². The van der Waals surface area contributed by atoms with Crippen LogP contribution in [0, 0.1) is 5.82 Å². The minimum absolute atomic E-state index is 0.165. The molecule has 0 radical (unpaired) electrons. The molecule has 0 spiro atoms. The Bertz CT molecular complexity index is 430. The fourth-order valence-corrected chi connectivity index (χ4v) is 3.08. The molecule has 2 aliphatic heterocycles. The molecule has 1 N–H and O–H groups in total. The van der Waals surface area contributed by atoms with E-state index in [4.69, 9.17) is 4.74 Å². The van der Waals surface area contributed by atoms with Gasteiger partial charge in [0.1, 0.15) is 11.6 Å². The molecule has 1 aromatic rings. The minimum atomic E-state index is -0.165. The number of hydrogen-bond donors (Lipinski definition) is 1. The summed E-state index contributed by atoms with van der Waals surface area (Å²) in [5.41, 5.74) is 1.03. The predicted octanol–water partition coefficient (Wildman–Crippen LogP) is 2.33. The minimum Gasteiger partial charge on any atom is -0.493 e. The van der Waals surface area contributed by atoms with E-state index in [2.05, 4.69) is 10.2 Å². The molecule has 2 heterocycles. The largest absolute Gasteiger partial charge is 0.493 e. The Labute approximate surface area is 113 Å². The Morgan fingerprint density at radius 1 is 1.21 bits per heavy atom. The third-order valence-electron chi connectivity index (χ3n) is 4.03. The third-order valence-corrected chi connectivity index (χ3v) is 4.03. The molecule has 4 heteroatoms. The Morgan fingerprint density at radius 3 is 3.11 bits per heavy atom. The molecular formula is C15H21FN2O. The number of rotatable bonds is 1. The van der Waals surface area contributed by atoms with Crippen LogP contribution >= 0.6 is 0 Å². The maximum Gasteiger partial charge on any atom is 0.124 e. The molecule has 0 amide bonds. The molecule has 3 rings (SSSR count). The van der Waals surface area contributed by atoms with Crippen LogP contribution in [-0.4, -0.2) is 37.7 Å². The van der Waals surface area contributed by atoms with Crippen molar-refractivity contribution in [1.82, 2.24) is 10.2 Å². The summed E-state index contributed by atoms with van der Waals surface area (Å²) in [6.45, 7) is 4.94. The van der Waals surface area contributed by atoms with E-state index in [9.17, 15) is 4.39 Å². The Hall–Kier alpha value is -1.13. The second-order valence-corrected chi connectivity index (χ2v) is 5.33. The average molecular weight is 264 g/mol. The fraction of sp³-hybridized carbons (Fsp3) is 0.600. The number of halogens is 1. The Balaban J connectivity index is 1.89. The highest BCUT2D eigenvalue weighted by atomic mass is 19.1. The van der Waals surface area contributed by atoms with Crippen molar-refractivity contribution < 1.29 is 9.13 Å². The van der Waals surface area contributed by atoms with Crippen LogP contribution in [0.5, 0.6) is 5.75 Å². The smallest absolute Gasteiger partial charge is 0.124 e. The van der Waals surface area contributed by atoms with Gasteiger partial charge in [-0.25, -0.2) is 4.39 Å². The van der Waals surface area contributed by atoms with E-state index >= 15 is 0 Å². The number of nitrogens with one attached hydrogen (secondary N) is 1. The van der Waals surface area contributed by atoms with Crippen LogP contribution in [0.3, 0.4) is 0 Å². The van der Waals surface area contributed by atoms with E-state index in [0.717, 1.165) is 63.4 Å². The molecule has 3 nitrogen and oxygen atoms in total. The molecule has 1 saturated heterocycles. The summed E-state index contributed by atoms with van der Waals surface area (Å²) in [6.07, 6.45) is 3.24. The maximum atomic E-state index is 13.6. The van der Waals surface area contributed by atoms with Gasteiger partial charge in [-0.15, -0.1) is 0 Å². The number of benzene rings is 1. The molecular weight excluding hydrogens is 243 g/mol. The summed E-state index contributed by atoms with van der Waals surface area (Å²) in [5.74, 6) is 0.698. The molecule has 0 saturated carbocycles. The van der Waals surface area contributed by atoms with Gasteiger partial charge in [-0.3, -0.25) is 4.90 Å². The van der Waals surface area contributed by atoms with Crippen molar-refractivity contribution in [2.24, 2.45) is 0 Å². The van der Waals surface area contributed by atoms with Gasteiger partial charge in [0.15, 0.2) is 0 Å². The molecule has 1 fully saturated rings. The highest BCUT2D eigenvalue weighted by Crippen LogP contribution is 2.36. The second-order valence-electron chi connectivity index (χ2n) is 5.33. The molecule has 1 aromatic carbocycles. The second kappa shape index (κ2) is 5.88. The standard InChI is InChI=1S/C15H21FN2O/c16-12-4-5-15-13(11-12)14(3-1-10-19-15)18-8-2-6-17-7-9-18/h4-5,11,14,17H,1-3,6-10H2. The van der Waals surface area contributed by atoms with E-state index in [1.54, 1.807) is 12.1 Å². The fourth-order valence-electron chi connectivity index (χ4n) is 3.08. The topological polar surface area (TPSA) is 24.5 Å². The Kier molecular flexibility index (Phi) is 3.99. The van der Waals surface area contributed by atoms with Crippen molar-refractivity contribution in [2.45, 2.75) is 25.3 Å². The van der Waals surface area contributed by atoms with Crippen molar-refractivity contribution in [1.29, 1.82) is 0 Å². The van der Waals surface area contributed by atoms with Gasteiger partial charge in [0.2, 0.25) is 0 Å². The molecule has 0 bridgehead atoms. The number of fused-ring (bicyclic) bond motifs is 1. The molecule has 1 unspecified atom stereocenters. The van der Waals surface area contributed by atoms with Gasteiger partial charge in [0.05, 0.1) is 6.61 Å². The van der Waals surface area contributed by atoms with Crippen LogP contribution in [0.2, 0.25) is 0 Å². The first-order valence-corrected chi connectivity index (χ1v) is 7.21. The van der Waals surface area contributed by atoms with Crippen LogP contribution in [0.1, 0.15) is 30.9 Å². The van der Waals surface area contributed by atoms with E-state index in [1.807, 2.05) is 0 Å². The van der Waals surface area contributed by atoms with Gasteiger partial charge < -0.3 is 10.1 Å². The molecule has 1 atom stereocenters. The van der Waals surface area contributed by atoms with Crippen molar-refractivity contribution in [3.05, 3.63) is 29.6 Å². The summed E-state index contributed by atoms with van der Waals surface area (Å²) in [4.78, 5) is 2.48. The number of hydrogen-bond acceptors (Lipinski definition) is 3. The predicted molar refractivity (Wildman–Crippen MR) is 72.9 cm³/mol. The first-order valence-electron chi connectivity index (χ1n) is 7.21. The van der Waals surface area contributed by atoms with Crippen molar-refractivity contribution in [2.75, 3.05) is 32.8 Å². The van der Waals surface area contributed by atoms with Crippen molar-refractivity contribution in [3.8, 4) is 5.75 Å². The summed E-state index contributed by atoms with van der Waals surface area (Å²) in [6, 6.07) is 5.22. The lowest BCUT2D eigenvalue weighted by atomic mass is 10.00. The van der Waals surface area contributed by atoms with Gasteiger partial charge in [-0.2, -0.15) is 0 Å². The molecule has 0 aromatic heterocycles. The quantitative estimate of drug-likeness (QED) is 0.842. The first-order chi connectivity index (χ1) is 9.34. The van der Waals surface area contributed by atoms with Crippen LogP contribution in [-0.2, 0) is 0 Å². The third kappa shape index (κ3) is 2.90.